The molecule has 0 aliphatic heterocycles. The second-order valence-corrected chi connectivity index (χ2v) is 6.03. The minimum atomic E-state index is -0.222. The van der Waals surface area contributed by atoms with Crippen LogP contribution >= 0.6 is 23.1 Å². The van der Waals surface area contributed by atoms with Crippen molar-refractivity contribution in [3.8, 4) is 11.8 Å². The van der Waals surface area contributed by atoms with Crippen LogP contribution in [0.5, 0.6) is 0 Å². The fourth-order valence-corrected chi connectivity index (χ4v) is 3.23. The highest BCUT2D eigenvalue weighted by molar-refractivity contribution is 8.00. The summed E-state index contributed by atoms with van der Waals surface area (Å²) in [6.45, 7) is 0.0328. The fraction of sp³-hybridized carbons (Fsp3) is 0.200. The molecule has 0 saturated carbocycles. The lowest BCUT2D eigenvalue weighted by Crippen LogP contribution is -1.89. The van der Waals surface area contributed by atoms with Crippen molar-refractivity contribution in [3.63, 3.8) is 0 Å². The Morgan fingerprint density at radius 2 is 2.21 bits per heavy atom. The molecule has 0 atom stereocenters. The first-order valence-corrected chi connectivity index (χ1v) is 7.70. The van der Waals surface area contributed by atoms with Crippen LogP contribution in [-0.4, -0.2) is 11.7 Å². The van der Waals surface area contributed by atoms with E-state index in [4.69, 9.17) is 5.11 Å². The second kappa shape index (κ2) is 7.34. The van der Waals surface area contributed by atoms with Crippen molar-refractivity contribution in [1.29, 1.82) is 0 Å². The molecule has 1 aromatic heterocycles. The number of aliphatic hydroxyl groups is 1. The molecule has 2 rings (SSSR count). The molecule has 0 radical (unpaired) electrons. The van der Waals surface area contributed by atoms with Gasteiger partial charge in [0.05, 0.1) is 10.8 Å². The van der Waals surface area contributed by atoms with Crippen molar-refractivity contribution >= 4 is 23.1 Å². The Hall–Kier alpha value is -1.28. The molecule has 0 amide bonds. The summed E-state index contributed by atoms with van der Waals surface area (Å²) in [5.74, 6) is 6.01. The van der Waals surface area contributed by atoms with Gasteiger partial charge in [-0.3, -0.25) is 0 Å². The zero-order chi connectivity index (χ0) is 13.5. The van der Waals surface area contributed by atoms with Gasteiger partial charge in [-0.15, -0.1) is 23.1 Å². The van der Waals surface area contributed by atoms with Crippen LogP contribution < -0.4 is 0 Å². The van der Waals surface area contributed by atoms with Gasteiger partial charge in [-0.25, -0.2) is 4.39 Å². The van der Waals surface area contributed by atoms with Crippen LogP contribution in [0, 0.1) is 17.7 Å². The highest BCUT2D eigenvalue weighted by Gasteiger charge is 2.04. The maximum Gasteiger partial charge on any atom is 0.128 e. The fourth-order valence-electron chi connectivity index (χ4n) is 1.46. The van der Waals surface area contributed by atoms with Crippen molar-refractivity contribution in [2.24, 2.45) is 0 Å². The van der Waals surface area contributed by atoms with Crippen molar-refractivity contribution in [3.05, 3.63) is 52.7 Å². The largest absolute Gasteiger partial charge is 0.395 e. The van der Waals surface area contributed by atoms with Gasteiger partial charge in [0.15, 0.2) is 0 Å². The van der Waals surface area contributed by atoms with Gasteiger partial charge >= 0.3 is 0 Å². The highest BCUT2D eigenvalue weighted by atomic mass is 32.2. The van der Waals surface area contributed by atoms with Crippen LogP contribution in [0.4, 0.5) is 4.39 Å². The molecule has 0 fully saturated rings. The van der Waals surface area contributed by atoms with Crippen molar-refractivity contribution in [2.75, 3.05) is 6.61 Å². The van der Waals surface area contributed by atoms with Crippen molar-refractivity contribution in [1.82, 2.24) is 0 Å². The van der Waals surface area contributed by atoms with Crippen LogP contribution in [0.25, 0.3) is 0 Å². The van der Waals surface area contributed by atoms with Gasteiger partial charge in [-0.1, -0.05) is 24.0 Å². The Morgan fingerprint density at radius 1 is 1.32 bits per heavy atom. The summed E-state index contributed by atoms with van der Waals surface area (Å²) in [4.78, 5) is 0. The Balaban J connectivity index is 2.01. The monoisotopic (exact) mass is 292 g/mol. The lowest BCUT2D eigenvalue weighted by molar-refractivity contribution is 0.305. The van der Waals surface area contributed by atoms with E-state index in [0.29, 0.717) is 23.3 Å². The molecule has 1 aromatic carbocycles. The van der Waals surface area contributed by atoms with E-state index in [9.17, 15) is 4.39 Å². The molecule has 0 aliphatic carbocycles. The minimum Gasteiger partial charge on any atom is -0.395 e. The molecule has 4 heteroatoms. The molecule has 19 heavy (non-hydrogen) atoms. The predicted octanol–water partition coefficient (Wildman–Crippen LogP) is 3.91. The molecule has 2 aromatic rings. The van der Waals surface area contributed by atoms with Crippen LogP contribution in [-0.2, 0) is 5.75 Å². The summed E-state index contributed by atoms with van der Waals surface area (Å²) in [5, 5.41) is 10.6. The van der Waals surface area contributed by atoms with Crippen LogP contribution in [0.3, 0.4) is 0 Å². The third-order valence-electron chi connectivity index (χ3n) is 2.39. The Morgan fingerprint density at radius 3 is 2.89 bits per heavy atom. The van der Waals surface area contributed by atoms with E-state index >= 15 is 0 Å². The molecule has 1 N–H and O–H groups in total. The highest BCUT2D eigenvalue weighted by Crippen LogP contribution is 2.27. The first-order valence-electron chi connectivity index (χ1n) is 5.84. The SMILES string of the molecule is OCCC#Cc1ccc(CSc2cccs2)c(F)c1. The molecule has 98 valence electrons. The average Bonchev–Trinajstić information content (AvgIpc) is 2.91. The summed E-state index contributed by atoms with van der Waals surface area (Å²) in [7, 11) is 0. The second-order valence-electron chi connectivity index (χ2n) is 3.80. The maximum atomic E-state index is 13.9. The first kappa shape index (κ1) is 14.1. The van der Waals surface area contributed by atoms with Gasteiger partial charge in [-0.05, 0) is 29.1 Å². The van der Waals surface area contributed by atoms with Crippen LogP contribution in [0.15, 0.2) is 39.9 Å². The topological polar surface area (TPSA) is 20.2 Å². The number of hydrogen-bond donors (Lipinski definition) is 1. The van der Waals surface area contributed by atoms with Crippen molar-refractivity contribution in [2.45, 2.75) is 16.4 Å². The molecule has 0 bridgehead atoms. The van der Waals surface area contributed by atoms with Crippen molar-refractivity contribution < 1.29 is 9.50 Å². The quantitative estimate of drug-likeness (QED) is 0.681. The summed E-state index contributed by atoms with van der Waals surface area (Å²) >= 11 is 3.29. The van der Waals surface area contributed by atoms with Gasteiger partial charge in [0, 0.05) is 17.7 Å². The number of aliphatic hydroxyl groups excluding tert-OH is 1. The zero-order valence-corrected chi connectivity index (χ0v) is 11.9. The van der Waals surface area contributed by atoms with E-state index in [1.54, 1.807) is 29.2 Å². The number of hydrogen-bond acceptors (Lipinski definition) is 3. The summed E-state index contributed by atoms with van der Waals surface area (Å²) in [6.07, 6.45) is 0.414. The van der Waals surface area contributed by atoms with Gasteiger partial charge in [-0.2, -0.15) is 0 Å². The van der Waals surface area contributed by atoms with Gasteiger partial charge in [0.2, 0.25) is 0 Å². The summed E-state index contributed by atoms with van der Waals surface area (Å²) < 4.78 is 15.0. The molecule has 0 saturated heterocycles. The normalized spacial score (nSPS) is 10.0. The van der Waals surface area contributed by atoms with Gasteiger partial charge in [0.1, 0.15) is 5.82 Å². The lowest BCUT2D eigenvalue weighted by atomic mass is 10.1. The lowest BCUT2D eigenvalue weighted by Gasteiger charge is -2.02. The Bertz CT molecular complexity index is 582. The number of thioether (sulfide) groups is 1. The van der Waals surface area contributed by atoms with Gasteiger partial charge in [0.25, 0.3) is 0 Å². The smallest absolute Gasteiger partial charge is 0.128 e. The van der Waals surface area contributed by atoms with E-state index < -0.39 is 0 Å². The predicted molar refractivity (Wildman–Crippen MR) is 78.9 cm³/mol. The number of halogens is 1. The van der Waals surface area contributed by atoms with Crippen LogP contribution in [0.2, 0.25) is 0 Å². The van der Waals surface area contributed by atoms with E-state index in [-0.39, 0.29) is 12.4 Å². The maximum absolute atomic E-state index is 13.9. The summed E-state index contributed by atoms with van der Waals surface area (Å²) in [5.41, 5.74) is 1.34. The average molecular weight is 292 g/mol. The van der Waals surface area contributed by atoms with E-state index in [2.05, 4.69) is 11.8 Å². The zero-order valence-electron chi connectivity index (χ0n) is 10.2. The Labute approximate surface area is 120 Å². The van der Waals surface area contributed by atoms with Crippen LogP contribution in [0.1, 0.15) is 17.5 Å². The van der Waals surface area contributed by atoms with E-state index in [1.807, 2.05) is 23.6 Å². The Kier molecular flexibility index (Phi) is 5.46. The van der Waals surface area contributed by atoms with E-state index in [0.717, 1.165) is 0 Å². The molecule has 0 spiro atoms. The number of thiophene rings is 1. The number of benzene rings is 1. The van der Waals surface area contributed by atoms with E-state index in [1.165, 1.54) is 10.3 Å². The third kappa shape index (κ3) is 4.39. The summed E-state index contributed by atoms with van der Waals surface area (Å²) in [6, 6.07) is 9.07. The molecule has 1 nitrogen and oxygen atoms in total. The molecule has 1 heterocycles. The first-order chi connectivity index (χ1) is 9.29. The minimum absolute atomic E-state index is 0.0328. The standard InChI is InChI=1S/C15H13FOS2/c16-14-10-12(4-1-2-8-17)6-7-13(14)11-19-15-5-3-9-18-15/h3,5-7,9-10,17H,2,8,11H2. The molecule has 0 aliphatic rings. The molecule has 0 unspecified atom stereocenters. The van der Waals surface area contributed by atoms with Gasteiger partial charge < -0.3 is 5.11 Å². The number of rotatable bonds is 4. The third-order valence-corrected chi connectivity index (χ3v) is 4.57. The molecular formula is C15H13FOS2. The molecular weight excluding hydrogens is 279 g/mol.